The number of amides is 1. The fraction of sp³-hybridized carbons (Fsp3) is 0.316. The lowest BCUT2D eigenvalue weighted by molar-refractivity contribution is 0.0954. The Hall–Kier alpha value is -1.89. The van der Waals surface area contributed by atoms with Crippen molar-refractivity contribution in [3.8, 4) is 0 Å². The van der Waals surface area contributed by atoms with Crippen LogP contribution >= 0.6 is 11.6 Å². The third-order valence-corrected chi connectivity index (χ3v) is 5.37. The number of hydrogen-bond donors (Lipinski definition) is 2. The van der Waals surface area contributed by atoms with Crippen molar-refractivity contribution in [3.05, 3.63) is 64.7 Å². The highest BCUT2D eigenvalue weighted by molar-refractivity contribution is 7.89. The molecule has 140 valence electrons. The number of carbonyl (C=O) groups excluding carboxylic acids is 1. The van der Waals surface area contributed by atoms with E-state index < -0.39 is 10.0 Å². The minimum atomic E-state index is -3.55. The van der Waals surface area contributed by atoms with Gasteiger partial charge < -0.3 is 5.32 Å². The zero-order valence-electron chi connectivity index (χ0n) is 14.8. The van der Waals surface area contributed by atoms with E-state index in [1.807, 2.05) is 32.0 Å². The van der Waals surface area contributed by atoms with E-state index in [2.05, 4.69) is 10.0 Å². The predicted molar refractivity (Wildman–Crippen MR) is 104 cm³/mol. The number of benzene rings is 2. The van der Waals surface area contributed by atoms with Crippen molar-refractivity contribution in [3.63, 3.8) is 0 Å². The molecule has 2 N–H and O–H groups in total. The topological polar surface area (TPSA) is 75.3 Å². The highest BCUT2D eigenvalue weighted by Crippen LogP contribution is 2.12. The van der Waals surface area contributed by atoms with Crippen molar-refractivity contribution in [2.45, 2.75) is 25.2 Å². The molecule has 26 heavy (non-hydrogen) atoms. The van der Waals surface area contributed by atoms with Crippen molar-refractivity contribution >= 4 is 27.5 Å². The fourth-order valence-corrected chi connectivity index (χ4v) is 3.69. The second-order valence-electron chi connectivity index (χ2n) is 6.41. The van der Waals surface area contributed by atoms with E-state index in [1.165, 1.54) is 24.3 Å². The van der Waals surface area contributed by atoms with E-state index in [1.54, 1.807) is 6.07 Å². The van der Waals surface area contributed by atoms with Crippen LogP contribution in [0.15, 0.2) is 53.4 Å². The Morgan fingerprint density at radius 1 is 1.12 bits per heavy atom. The first kappa shape index (κ1) is 20.4. The van der Waals surface area contributed by atoms with Crippen LogP contribution in [0, 0.1) is 5.92 Å². The molecule has 0 saturated carbocycles. The van der Waals surface area contributed by atoms with Crippen molar-refractivity contribution < 1.29 is 13.2 Å². The highest BCUT2D eigenvalue weighted by Gasteiger charge is 2.15. The molecule has 5 nitrogen and oxygen atoms in total. The van der Waals surface area contributed by atoms with Crippen LogP contribution < -0.4 is 10.0 Å². The Balaban J connectivity index is 1.92. The molecule has 2 rings (SSSR count). The number of sulfonamides is 1. The van der Waals surface area contributed by atoms with Crippen molar-refractivity contribution in [2.24, 2.45) is 5.92 Å². The maximum absolute atomic E-state index is 12.2. The van der Waals surface area contributed by atoms with Gasteiger partial charge in [-0.2, -0.15) is 0 Å². The minimum Gasteiger partial charge on any atom is -0.352 e. The van der Waals surface area contributed by atoms with E-state index in [-0.39, 0.29) is 16.7 Å². The number of hydrogen-bond acceptors (Lipinski definition) is 3. The van der Waals surface area contributed by atoms with E-state index in [4.69, 9.17) is 11.6 Å². The van der Waals surface area contributed by atoms with Crippen molar-refractivity contribution in [1.29, 1.82) is 0 Å². The van der Waals surface area contributed by atoms with Crippen LogP contribution in [0.5, 0.6) is 0 Å². The van der Waals surface area contributed by atoms with Gasteiger partial charge in [-0.3, -0.25) is 4.79 Å². The minimum absolute atomic E-state index is 0.147. The Labute approximate surface area is 159 Å². The van der Waals surface area contributed by atoms with E-state index in [0.717, 1.165) is 5.56 Å². The molecule has 0 aliphatic carbocycles. The average molecular weight is 395 g/mol. The lowest BCUT2D eigenvalue weighted by Gasteiger charge is -2.10. The molecule has 0 aromatic heterocycles. The van der Waals surface area contributed by atoms with Gasteiger partial charge in [0.2, 0.25) is 10.0 Å². The van der Waals surface area contributed by atoms with Crippen LogP contribution in [0.3, 0.4) is 0 Å². The Morgan fingerprint density at radius 2 is 1.81 bits per heavy atom. The molecule has 0 aliphatic rings. The summed E-state index contributed by atoms with van der Waals surface area (Å²) in [6.07, 6.45) is 0.665. The average Bonchev–Trinajstić information content (AvgIpc) is 2.60. The molecule has 2 aromatic carbocycles. The van der Waals surface area contributed by atoms with E-state index in [9.17, 15) is 13.2 Å². The van der Waals surface area contributed by atoms with Crippen LogP contribution in [0.1, 0.15) is 29.8 Å². The van der Waals surface area contributed by atoms with E-state index in [0.29, 0.717) is 30.1 Å². The molecule has 0 spiro atoms. The largest absolute Gasteiger partial charge is 0.352 e. The second kappa shape index (κ2) is 9.16. The molecular formula is C19H23ClN2O3S. The Kier molecular flexibility index (Phi) is 7.20. The third kappa shape index (κ3) is 6.12. The van der Waals surface area contributed by atoms with Crippen LogP contribution in [0.4, 0.5) is 0 Å². The number of nitrogens with one attached hydrogen (secondary N) is 2. The molecule has 0 fully saturated rings. The lowest BCUT2D eigenvalue weighted by atomic mass is 10.1. The monoisotopic (exact) mass is 394 g/mol. The molecule has 7 heteroatoms. The molecule has 0 radical (unpaired) electrons. The molecule has 0 heterocycles. The normalized spacial score (nSPS) is 11.5. The number of halogens is 1. The second-order valence-corrected chi connectivity index (χ2v) is 8.61. The molecule has 0 saturated heterocycles. The van der Waals surface area contributed by atoms with Gasteiger partial charge >= 0.3 is 0 Å². The zero-order chi connectivity index (χ0) is 19.2. The Morgan fingerprint density at radius 3 is 2.42 bits per heavy atom. The quantitative estimate of drug-likeness (QED) is 0.721. The van der Waals surface area contributed by atoms with Crippen molar-refractivity contribution in [1.82, 2.24) is 10.0 Å². The first-order valence-electron chi connectivity index (χ1n) is 8.40. The van der Waals surface area contributed by atoms with Gasteiger partial charge in [-0.25, -0.2) is 13.1 Å². The van der Waals surface area contributed by atoms with E-state index >= 15 is 0 Å². The number of carbonyl (C=O) groups is 1. The molecule has 1 amide bonds. The summed E-state index contributed by atoms with van der Waals surface area (Å²) in [5, 5.41) is 3.48. The molecular weight excluding hydrogens is 372 g/mol. The zero-order valence-corrected chi connectivity index (χ0v) is 16.4. The molecule has 0 bridgehead atoms. The van der Waals surface area contributed by atoms with Gasteiger partial charge in [-0.15, -0.1) is 0 Å². The van der Waals surface area contributed by atoms with Gasteiger partial charge in [0.1, 0.15) is 0 Å². The van der Waals surface area contributed by atoms with Gasteiger partial charge in [0.05, 0.1) is 4.90 Å². The first-order valence-corrected chi connectivity index (χ1v) is 10.3. The SMILES string of the molecule is CC(C)CNS(=O)(=O)c1ccc(C(=O)NCCc2cccc(Cl)c2)cc1. The standard InChI is InChI=1S/C19H23ClN2O3S/c1-14(2)13-22-26(24,25)18-8-6-16(7-9-18)19(23)21-11-10-15-4-3-5-17(20)12-15/h3-9,12,14,22H,10-11,13H2,1-2H3,(H,21,23). The summed E-state index contributed by atoms with van der Waals surface area (Å²) in [4.78, 5) is 12.3. The van der Waals surface area contributed by atoms with Gasteiger partial charge in [-0.05, 0) is 54.3 Å². The summed E-state index contributed by atoms with van der Waals surface area (Å²) >= 11 is 5.93. The van der Waals surface area contributed by atoms with Crippen LogP contribution in [0.25, 0.3) is 0 Å². The third-order valence-electron chi connectivity index (χ3n) is 3.70. The van der Waals surface area contributed by atoms with Gasteiger partial charge in [0, 0.05) is 23.7 Å². The molecule has 0 atom stereocenters. The molecule has 0 aliphatic heterocycles. The van der Waals surface area contributed by atoms with Crippen molar-refractivity contribution in [2.75, 3.05) is 13.1 Å². The first-order chi connectivity index (χ1) is 12.3. The maximum atomic E-state index is 12.2. The smallest absolute Gasteiger partial charge is 0.251 e. The summed E-state index contributed by atoms with van der Waals surface area (Å²) in [5.74, 6) is -0.0274. The maximum Gasteiger partial charge on any atom is 0.251 e. The summed E-state index contributed by atoms with van der Waals surface area (Å²) in [6.45, 7) is 4.70. The summed E-state index contributed by atoms with van der Waals surface area (Å²) in [5.41, 5.74) is 1.45. The Bertz CT molecular complexity index is 849. The van der Waals surface area contributed by atoms with Gasteiger partial charge in [0.15, 0.2) is 0 Å². The highest BCUT2D eigenvalue weighted by atomic mass is 35.5. The molecule has 2 aromatic rings. The summed E-state index contributed by atoms with van der Waals surface area (Å²) in [7, 11) is -3.55. The van der Waals surface area contributed by atoms with Gasteiger partial charge in [0.25, 0.3) is 5.91 Å². The predicted octanol–water partition coefficient (Wildman–Crippen LogP) is 3.25. The fourth-order valence-electron chi connectivity index (χ4n) is 2.26. The van der Waals surface area contributed by atoms with Crippen LogP contribution in [0.2, 0.25) is 5.02 Å². The lowest BCUT2D eigenvalue weighted by Crippen LogP contribution is -2.28. The van der Waals surface area contributed by atoms with Crippen LogP contribution in [-0.2, 0) is 16.4 Å². The number of rotatable bonds is 8. The summed E-state index contributed by atoms with van der Waals surface area (Å²) < 4.78 is 26.8. The van der Waals surface area contributed by atoms with Gasteiger partial charge in [-0.1, -0.05) is 37.6 Å². The molecule has 0 unspecified atom stereocenters. The van der Waals surface area contributed by atoms with Crippen LogP contribution in [-0.4, -0.2) is 27.4 Å². The summed E-state index contributed by atoms with van der Waals surface area (Å²) in [6, 6.07) is 13.4.